The molecule has 0 spiro atoms. The quantitative estimate of drug-likeness (QED) is 0.672. The van der Waals surface area contributed by atoms with Crippen LogP contribution in [0.15, 0.2) is 42.7 Å². The van der Waals surface area contributed by atoms with Crippen molar-refractivity contribution in [2.45, 2.75) is 52.4 Å². The normalized spacial score (nSPS) is 12.9. The molecule has 2 unspecified atom stereocenters. The fourth-order valence-electron chi connectivity index (χ4n) is 2.41. The number of aromatic nitrogens is 1. The molecule has 2 aromatic rings. The summed E-state index contributed by atoms with van der Waals surface area (Å²) in [5, 5.41) is 6.22. The van der Waals surface area contributed by atoms with Gasteiger partial charge in [0.05, 0.1) is 13.2 Å². The molecule has 2 rings (SSSR count). The molecule has 0 aliphatic heterocycles. The summed E-state index contributed by atoms with van der Waals surface area (Å²) in [5.74, 6) is 1.36. The van der Waals surface area contributed by atoms with Gasteiger partial charge in [0.15, 0.2) is 11.5 Å². The topological polar surface area (TPSA) is 72.5 Å². The largest absolute Gasteiger partial charge is 0.493 e. The second-order valence-electron chi connectivity index (χ2n) is 6.55. The molecule has 0 saturated heterocycles. The second kappa shape index (κ2) is 10.5. The van der Waals surface area contributed by atoms with Crippen LogP contribution in [0, 0.1) is 0 Å². The summed E-state index contributed by atoms with van der Waals surface area (Å²) in [4.78, 5) is 16.1. The first-order chi connectivity index (χ1) is 13.0. The third-order valence-corrected chi connectivity index (χ3v) is 4.38. The van der Waals surface area contributed by atoms with Gasteiger partial charge in [0.1, 0.15) is 6.61 Å². The van der Waals surface area contributed by atoms with Crippen LogP contribution in [0.3, 0.4) is 0 Å². The average Bonchev–Trinajstić information content (AvgIpc) is 2.71. The lowest BCUT2D eigenvalue weighted by Gasteiger charge is -2.18. The predicted octanol–water partition coefficient (Wildman–Crippen LogP) is 3.06. The third kappa shape index (κ3) is 6.57. The van der Waals surface area contributed by atoms with Crippen LogP contribution >= 0.6 is 0 Å². The van der Waals surface area contributed by atoms with Crippen LogP contribution in [0.5, 0.6) is 11.5 Å². The predicted molar refractivity (Wildman–Crippen MR) is 106 cm³/mol. The lowest BCUT2D eigenvalue weighted by molar-refractivity contribution is -0.123. The van der Waals surface area contributed by atoms with Crippen molar-refractivity contribution in [2.75, 3.05) is 7.11 Å². The zero-order valence-corrected chi connectivity index (χ0v) is 16.5. The van der Waals surface area contributed by atoms with Crippen molar-refractivity contribution in [2.24, 2.45) is 0 Å². The lowest BCUT2D eigenvalue weighted by atomic mass is 10.1. The SMILES string of the molecule is CCC(C)NC(=O)C(C)NCc1ccc(OCc2ccncc2)c(OC)c1. The van der Waals surface area contributed by atoms with Crippen molar-refractivity contribution >= 4 is 5.91 Å². The van der Waals surface area contributed by atoms with Gasteiger partial charge in [0.25, 0.3) is 0 Å². The second-order valence-corrected chi connectivity index (χ2v) is 6.55. The van der Waals surface area contributed by atoms with Gasteiger partial charge in [-0.1, -0.05) is 13.0 Å². The van der Waals surface area contributed by atoms with Gasteiger partial charge in [0, 0.05) is 25.0 Å². The van der Waals surface area contributed by atoms with E-state index in [0.29, 0.717) is 24.7 Å². The van der Waals surface area contributed by atoms with Crippen LogP contribution in [-0.4, -0.2) is 30.1 Å². The number of hydrogen-bond acceptors (Lipinski definition) is 5. The third-order valence-electron chi connectivity index (χ3n) is 4.38. The molecule has 1 heterocycles. The molecule has 1 aromatic carbocycles. The molecule has 146 valence electrons. The van der Waals surface area contributed by atoms with Crippen LogP contribution in [-0.2, 0) is 17.9 Å². The highest BCUT2D eigenvalue weighted by Gasteiger charge is 2.14. The number of pyridine rings is 1. The number of nitrogens with one attached hydrogen (secondary N) is 2. The number of carbonyl (C=O) groups excluding carboxylic acids is 1. The molecule has 0 fully saturated rings. The smallest absolute Gasteiger partial charge is 0.237 e. The average molecular weight is 371 g/mol. The minimum absolute atomic E-state index is 0.00798. The zero-order valence-electron chi connectivity index (χ0n) is 16.5. The number of rotatable bonds is 10. The van der Waals surface area contributed by atoms with Crippen LogP contribution in [0.25, 0.3) is 0 Å². The molecule has 0 radical (unpaired) electrons. The van der Waals surface area contributed by atoms with Gasteiger partial charge >= 0.3 is 0 Å². The Labute approximate surface area is 161 Å². The fourth-order valence-corrected chi connectivity index (χ4v) is 2.41. The van der Waals surface area contributed by atoms with Crippen molar-refractivity contribution in [3.05, 3.63) is 53.9 Å². The Morgan fingerprint density at radius 2 is 1.85 bits per heavy atom. The highest BCUT2D eigenvalue weighted by Crippen LogP contribution is 2.28. The Morgan fingerprint density at radius 1 is 1.11 bits per heavy atom. The summed E-state index contributed by atoms with van der Waals surface area (Å²) in [6.45, 7) is 6.92. The van der Waals surface area contributed by atoms with E-state index < -0.39 is 0 Å². The van der Waals surface area contributed by atoms with Crippen molar-refractivity contribution in [3.8, 4) is 11.5 Å². The van der Waals surface area contributed by atoms with E-state index in [1.54, 1.807) is 19.5 Å². The fraction of sp³-hybridized carbons (Fsp3) is 0.429. The van der Waals surface area contributed by atoms with Gasteiger partial charge in [-0.15, -0.1) is 0 Å². The van der Waals surface area contributed by atoms with E-state index in [0.717, 1.165) is 17.5 Å². The van der Waals surface area contributed by atoms with E-state index in [9.17, 15) is 4.79 Å². The maximum Gasteiger partial charge on any atom is 0.237 e. The number of carbonyl (C=O) groups is 1. The molecular weight excluding hydrogens is 342 g/mol. The molecule has 0 saturated carbocycles. The highest BCUT2D eigenvalue weighted by atomic mass is 16.5. The van der Waals surface area contributed by atoms with Crippen molar-refractivity contribution < 1.29 is 14.3 Å². The van der Waals surface area contributed by atoms with Gasteiger partial charge in [-0.2, -0.15) is 0 Å². The highest BCUT2D eigenvalue weighted by molar-refractivity contribution is 5.81. The molecule has 6 nitrogen and oxygen atoms in total. The van der Waals surface area contributed by atoms with E-state index in [1.807, 2.05) is 51.1 Å². The van der Waals surface area contributed by atoms with Crippen LogP contribution in [0.2, 0.25) is 0 Å². The van der Waals surface area contributed by atoms with Gasteiger partial charge in [0.2, 0.25) is 5.91 Å². The summed E-state index contributed by atoms with van der Waals surface area (Å²) in [6, 6.07) is 9.52. The Bertz CT molecular complexity index is 722. The first-order valence-electron chi connectivity index (χ1n) is 9.25. The summed E-state index contributed by atoms with van der Waals surface area (Å²) in [5.41, 5.74) is 2.06. The summed E-state index contributed by atoms with van der Waals surface area (Å²) >= 11 is 0. The standard InChI is InChI=1S/C21H29N3O3/c1-5-15(2)24-21(25)16(3)23-13-18-6-7-19(20(12-18)26-4)27-14-17-8-10-22-11-9-17/h6-12,15-16,23H,5,13-14H2,1-4H3,(H,24,25). The van der Waals surface area contributed by atoms with Gasteiger partial charge in [-0.05, 0) is 55.7 Å². The molecule has 0 bridgehead atoms. The van der Waals surface area contributed by atoms with Crippen LogP contribution in [0.4, 0.5) is 0 Å². The summed E-state index contributed by atoms with van der Waals surface area (Å²) < 4.78 is 11.3. The minimum atomic E-state index is -0.271. The Kier molecular flexibility index (Phi) is 8.07. The van der Waals surface area contributed by atoms with Crippen molar-refractivity contribution in [1.82, 2.24) is 15.6 Å². The maximum atomic E-state index is 12.1. The molecule has 6 heteroatoms. The molecular formula is C21H29N3O3. The number of ether oxygens (including phenoxy) is 2. The summed E-state index contributed by atoms with van der Waals surface area (Å²) in [7, 11) is 1.62. The minimum Gasteiger partial charge on any atom is -0.493 e. The zero-order chi connectivity index (χ0) is 19.6. The number of methoxy groups -OCH3 is 1. The van der Waals surface area contributed by atoms with Gasteiger partial charge < -0.3 is 20.1 Å². The van der Waals surface area contributed by atoms with Crippen LogP contribution < -0.4 is 20.1 Å². The Balaban J connectivity index is 1.92. The Hall–Kier alpha value is -2.60. The maximum absolute atomic E-state index is 12.1. The van der Waals surface area contributed by atoms with Gasteiger partial charge in [-0.25, -0.2) is 0 Å². The number of benzene rings is 1. The first kappa shape index (κ1) is 20.7. The van der Waals surface area contributed by atoms with E-state index in [4.69, 9.17) is 9.47 Å². The molecule has 1 aromatic heterocycles. The molecule has 0 aliphatic carbocycles. The van der Waals surface area contributed by atoms with E-state index in [2.05, 4.69) is 15.6 Å². The van der Waals surface area contributed by atoms with Crippen LogP contribution in [0.1, 0.15) is 38.3 Å². The molecule has 27 heavy (non-hydrogen) atoms. The molecule has 2 N–H and O–H groups in total. The monoisotopic (exact) mass is 371 g/mol. The van der Waals surface area contributed by atoms with E-state index >= 15 is 0 Å². The molecule has 0 aliphatic rings. The van der Waals surface area contributed by atoms with E-state index in [-0.39, 0.29) is 18.0 Å². The molecule has 1 amide bonds. The number of nitrogens with zero attached hydrogens (tertiary/aromatic N) is 1. The van der Waals surface area contributed by atoms with E-state index in [1.165, 1.54) is 0 Å². The Morgan fingerprint density at radius 3 is 2.52 bits per heavy atom. The first-order valence-corrected chi connectivity index (χ1v) is 9.25. The lowest BCUT2D eigenvalue weighted by Crippen LogP contribution is -2.45. The number of hydrogen-bond donors (Lipinski definition) is 2. The van der Waals surface area contributed by atoms with Gasteiger partial charge in [-0.3, -0.25) is 9.78 Å². The molecule has 2 atom stereocenters. The summed E-state index contributed by atoms with van der Waals surface area (Å²) in [6.07, 6.45) is 4.39. The number of amides is 1. The van der Waals surface area contributed by atoms with Crippen molar-refractivity contribution in [3.63, 3.8) is 0 Å². The van der Waals surface area contributed by atoms with Crippen molar-refractivity contribution in [1.29, 1.82) is 0 Å².